The number of anilines is 2. The Hall–Kier alpha value is -2.73. The van der Waals surface area contributed by atoms with Gasteiger partial charge in [-0.2, -0.15) is 0 Å². The lowest BCUT2D eigenvalue weighted by Gasteiger charge is -2.10. The summed E-state index contributed by atoms with van der Waals surface area (Å²) in [6.07, 6.45) is 0. The molecule has 0 aliphatic heterocycles. The van der Waals surface area contributed by atoms with Crippen molar-refractivity contribution in [1.82, 2.24) is 0 Å². The molecule has 26 heavy (non-hydrogen) atoms. The molecule has 0 radical (unpaired) electrons. The molecule has 6 heteroatoms. The predicted molar refractivity (Wildman–Crippen MR) is 103 cm³/mol. The Kier molecular flexibility index (Phi) is 8.29. The van der Waals surface area contributed by atoms with E-state index in [1.54, 1.807) is 0 Å². The van der Waals surface area contributed by atoms with Gasteiger partial charge in [0.2, 0.25) is 5.91 Å². The average molecular weight is 358 g/mol. The van der Waals surface area contributed by atoms with Crippen molar-refractivity contribution < 1.29 is 19.0 Å². The third kappa shape index (κ3) is 7.03. The summed E-state index contributed by atoms with van der Waals surface area (Å²) in [4.78, 5) is 12.1. The van der Waals surface area contributed by atoms with Crippen molar-refractivity contribution in [2.45, 2.75) is 13.8 Å². The maximum Gasteiger partial charge on any atom is 0.243 e. The highest BCUT2D eigenvalue weighted by molar-refractivity contribution is 5.93. The van der Waals surface area contributed by atoms with Crippen molar-refractivity contribution in [1.29, 1.82) is 0 Å². The minimum Gasteiger partial charge on any atom is -0.494 e. The molecule has 0 aromatic heterocycles. The fourth-order valence-electron chi connectivity index (χ4n) is 2.25. The third-order valence-corrected chi connectivity index (χ3v) is 3.44. The van der Waals surface area contributed by atoms with Gasteiger partial charge in [0.1, 0.15) is 18.1 Å². The van der Waals surface area contributed by atoms with Crippen molar-refractivity contribution in [3.63, 3.8) is 0 Å². The molecule has 0 fully saturated rings. The number of rotatable bonds is 11. The Morgan fingerprint density at radius 2 is 1.69 bits per heavy atom. The summed E-state index contributed by atoms with van der Waals surface area (Å²) in [6.45, 7) is 6.40. The molecular formula is C20H26N2O4. The second-order valence-corrected chi connectivity index (χ2v) is 5.43. The van der Waals surface area contributed by atoms with Crippen LogP contribution < -0.4 is 20.1 Å². The first kappa shape index (κ1) is 19.6. The molecule has 2 N–H and O–H groups in total. The first-order chi connectivity index (χ1) is 12.7. The summed E-state index contributed by atoms with van der Waals surface area (Å²) >= 11 is 0. The van der Waals surface area contributed by atoms with Gasteiger partial charge in [-0.05, 0) is 50.2 Å². The highest BCUT2D eigenvalue weighted by atomic mass is 16.5. The van der Waals surface area contributed by atoms with Crippen LogP contribution >= 0.6 is 0 Å². The average Bonchev–Trinajstić information content (AvgIpc) is 2.66. The van der Waals surface area contributed by atoms with E-state index in [-0.39, 0.29) is 12.5 Å². The van der Waals surface area contributed by atoms with Gasteiger partial charge in [0, 0.05) is 24.0 Å². The van der Waals surface area contributed by atoms with Gasteiger partial charge in [-0.25, -0.2) is 0 Å². The zero-order chi connectivity index (χ0) is 18.6. The van der Waals surface area contributed by atoms with Gasteiger partial charge in [-0.3, -0.25) is 4.79 Å². The van der Waals surface area contributed by atoms with Gasteiger partial charge in [-0.15, -0.1) is 0 Å². The fourth-order valence-corrected chi connectivity index (χ4v) is 2.25. The number of carbonyl (C=O) groups excluding carboxylic acids is 1. The lowest BCUT2D eigenvalue weighted by molar-refractivity contribution is -0.114. The second kappa shape index (κ2) is 11.0. The zero-order valence-corrected chi connectivity index (χ0v) is 15.3. The highest BCUT2D eigenvalue weighted by Crippen LogP contribution is 2.18. The van der Waals surface area contributed by atoms with Gasteiger partial charge >= 0.3 is 0 Å². The minimum atomic E-state index is -0.128. The molecule has 0 bridgehead atoms. The van der Waals surface area contributed by atoms with Crippen LogP contribution in [-0.4, -0.2) is 38.9 Å². The molecule has 2 aromatic rings. The molecule has 140 valence electrons. The van der Waals surface area contributed by atoms with Crippen LogP contribution in [0.25, 0.3) is 0 Å². The largest absolute Gasteiger partial charge is 0.494 e. The smallest absolute Gasteiger partial charge is 0.243 e. The maximum atomic E-state index is 12.1. The second-order valence-electron chi connectivity index (χ2n) is 5.43. The van der Waals surface area contributed by atoms with Gasteiger partial charge in [0.25, 0.3) is 0 Å². The Morgan fingerprint density at radius 3 is 2.42 bits per heavy atom. The molecule has 0 aliphatic carbocycles. The quantitative estimate of drug-likeness (QED) is 0.601. The van der Waals surface area contributed by atoms with E-state index in [9.17, 15) is 4.79 Å². The number of nitrogens with one attached hydrogen (secondary N) is 2. The molecule has 6 nitrogen and oxygen atoms in total. The Labute approximate surface area is 154 Å². The third-order valence-electron chi connectivity index (χ3n) is 3.44. The molecule has 0 saturated carbocycles. The fraction of sp³-hybridized carbons (Fsp3) is 0.350. The molecule has 0 spiro atoms. The maximum absolute atomic E-state index is 12.1. The molecule has 0 heterocycles. The van der Waals surface area contributed by atoms with Crippen LogP contribution in [0.2, 0.25) is 0 Å². The van der Waals surface area contributed by atoms with E-state index in [4.69, 9.17) is 14.2 Å². The summed E-state index contributed by atoms with van der Waals surface area (Å²) in [7, 11) is 0. The van der Waals surface area contributed by atoms with Crippen LogP contribution in [0.1, 0.15) is 13.8 Å². The normalized spacial score (nSPS) is 10.2. The molecule has 0 atom stereocenters. The van der Waals surface area contributed by atoms with Crippen molar-refractivity contribution in [2.24, 2.45) is 0 Å². The van der Waals surface area contributed by atoms with Gasteiger partial charge in [0.15, 0.2) is 0 Å². The number of amides is 1. The van der Waals surface area contributed by atoms with Crippen LogP contribution in [0, 0.1) is 0 Å². The molecule has 0 aliphatic rings. The number of ether oxygens (including phenoxy) is 3. The summed E-state index contributed by atoms with van der Waals surface area (Å²) in [6, 6.07) is 14.8. The van der Waals surface area contributed by atoms with E-state index in [0.717, 1.165) is 22.9 Å². The number of benzene rings is 2. The Bertz CT molecular complexity index is 674. The monoisotopic (exact) mass is 358 g/mol. The van der Waals surface area contributed by atoms with E-state index < -0.39 is 0 Å². The van der Waals surface area contributed by atoms with Crippen molar-refractivity contribution in [2.75, 3.05) is 43.6 Å². The lowest BCUT2D eigenvalue weighted by Crippen LogP contribution is -2.21. The summed E-state index contributed by atoms with van der Waals surface area (Å²) in [5.74, 6) is 1.39. The van der Waals surface area contributed by atoms with Gasteiger partial charge in [0.05, 0.1) is 19.8 Å². The molecular weight excluding hydrogens is 332 g/mol. The van der Waals surface area contributed by atoms with E-state index in [1.165, 1.54) is 0 Å². The summed E-state index contributed by atoms with van der Waals surface area (Å²) in [5, 5.41) is 5.93. The van der Waals surface area contributed by atoms with Crippen molar-refractivity contribution in [3.05, 3.63) is 48.5 Å². The molecule has 0 saturated heterocycles. The highest BCUT2D eigenvalue weighted by Gasteiger charge is 2.04. The number of hydrogen-bond acceptors (Lipinski definition) is 5. The van der Waals surface area contributed by atoms with E-state index in [0.29, 0.717) is 26.4 Å². The molecule has 1 amide bonds. The first-order valence-corrected chi connectivity index (χ1v) is 8.78. The molecule has 2 rings (SSSR count). The van der Waals surface area contributed by atoms with Gasteiger partial charge in [-0.1, -0.05) is 6.07 Å². The van der Waals surface area contributed by atoms with Crippen molar-refractivity contribution >= 4 is 17.3 Å². The molecule has 0 unspecified atom stereocenters. The van der Waals surface area contributed by atoms with Crippen LogP contribution in [0.15, 0.2) is 48.5 Å². The number of carbonyl (C=O) groups is 1. The van der Waals surface area contributed by atoms with Crippen LogP contribution in [0.3, 0.4) is 0 Å². The van der Waals surface area contributed by atoms with Crippen LogP contribution in [0.5, 0.6) is 11.5 Å². The molecule has 2 aromatic carbocycles. The summed E-state index contributed by atoms with van der Waals surface area (Å²) < 4.78 is 16.2. The predicted octanol–water partition coefficient (Wildman–Crippen LogP) is 3.55. The summed E-state index contributed by atoms with van der Waals surface area (Å²) in [5.41, 5.74) is 1.56. The van der Waals surface area contributed by atoms with Crippen LogP contribution in [-0.2, 0) is 9.53 Å². The first-order valence-electron chi connectivity index (χ1n) is 8.78. The van der Waals surface area contributed by atoms with Crippen LogP contribution in [0.4, 0.5) is 11.4 Å². The topological polar surface area (TPSA) is 68.8 Å². The zero-order valence-electron chi connectivity index (χ0n) is 15.3. The van der Waals surface area contributed by atoms with E-state index in [2.05, 4.69) is 10.6 Å². The van der Waals surface area contributed by atoms with E-state index in [1.807, 2.05) is 62.4 Å². The Morgan fingerprint density at radius 1 is 0.885 bits per heavy atom. The minimum absolute atomic E-state index is 0.128. The standard InChI is InChI=1S/C20H26N2O4/c1-3-24-12-13-26-18-10-8-16(9-11-18)22-20(23)15-21-17-6-5-7-19(14-17)25-4-2/h5-11,14,21H,3-4,12-13,15H2,1-2H3,(H,22,23). The van der Waals surface area contributed by atoms with E-state index >= 15 is 0 Å². The SMILES string of the molecule is CCOCCOc1ccc(NC(=O)CNc2cccc(OCC)c2)cc1. The number of hydrogen-bond donors (Lipinski definition) is 2. The van der Waals surface area contributed by atoms with Crippen molar-refractivity contribution in [3.8, 4) is 11.5 Å². The lowest BCUT2D eigenvalue weighted by atomic mass is 10.3. The van der Waals surface area contributed by atoms with Gasteiger partial charge < -0.3 is 24.8 Å². The Balaban J connectivity index is 1.76.